The molecule has 106 valence electrons. The van der Waals surface area contributed by atoms with Gasteiger partial charge in [0.25, 0.3) is 0 Å². The van der Waals surface area contributed by atoms with Crippen LogP contribution in [0.1, 0.15) is 19.0 Å². The van der Waals surface area contributed by atoms with Crippen molar-refractivity contribution in [2.24, 2.45) is 0 Å². The largest absolute Gasteiger partial charge is 0.370 e. The van der Waals surface area contributed by atoms with E-state index in [0.29, 0.717) is 0 Å². The van der Waals surface area contributed by atoms with Crippen molar-refractivity contribution in [2.45, 2.75) is 20.3 Å². The zero-order valence-electron chi connectivity index (χ0n) is 12.3. The summed E-state index contributed by atoms with van der Waals surface area (Å²) in [6.07, 6.45) is 2.67. The topological polar surface area (TPSA) is 50.7 Å². The van der Waals surface area contributed by atoms with E-state index in [1.807, 2.05) is 25.1 Å². The van der Waals surface area contributed by atoms with Crippen LogP contribution in [-0.2, 0) is 0 Å². The second kappa shape index (κ2) is 5.87. The van der Waals surface area contributed by atoms with Gasteiger partial charge in [0, 0.05) is 29.3 Å². The number of hydrogen-bond donors (Lipinski definition) is 1. The van der Waals surface area contributed by atoms with Gasteiger partial charge in [0.1, 0.15) is 12.1 Å². The SMILES string of the molecule is CCCNc1cc(-c2ccc3nc(C)ccc3c2)ncn1. The Morgan fingerprint density at radius 3 is 2.81 bits per heavy atom. The third-order valence-electron chi connectivity index (χ3n) is 3.35. The molecule has 0 atom stereocenters. The predicted molar refractivity (Wildman–Crippen MR) is 86.3 cm³/mol. The van der Waals surface area contributed by atoms with E-state index in [-0.39, 0.29) is 0 Å². The van der Waals surface area contributed by atoms with Crippen molar-refractivity contribution in [3.05, 3.63) is 48.4 Å². The highest BCUT2D eigenvalue weighted by atomic mass is 15.0. The Balaban J connectivity index is 1.98. The molecule has 3 aromatic rings. The molecule has 0 saturated carbocycles. The number of nitrogens with one attached hydrogen (secondary N) is 1. The Labute approximate surface area is 124 Å². The summed E-state index contributed by atoms with van der Waals surface area (Å²) in [7, 11) is 0. The van der Waals surface area contributed by atoms with Crippen LogP contribution in [0, 0.1) is 6.92 Å². The van der Waals surface area contributed by atoms with E-state index in [0.717, 1.165) is 46.6 Å². The normalized spacial score (nSPS) is 10.8. The number of nitrogens with zero attached hydrogens (tertiary/aromatic N) is 3. The fourth-order valence-electron chi connectivity index (χ4n) is 2.25. The summed E-state index contributed by atoms with van der Waals surface area (Å²) in [4.78, 5) is 13.1. The van der Waals surface area contributed by atoms with Crippen LogP contribution in [0.3, 0.4) is 0 Å². The predicted octanol–water partition coefficient (Wildman–Crippen LogP) is 3.82. The second-order valence-corrected chi connectivity index (χ2v) is 5.08. The standard InChI is InChI=1S/C17H18N4/c1-3-8-18-17-10-16(19-11-20-17)14-6-7-15-13(9-14)5-4-12(2)21-15/h4-7,9-11H,3,8H2,1-2H3,(H,18,19,20). The summed E-state index contributed by atoms with van der Waals surface area (Å²) in [6.45, 7) is 5.05. The molecule has 0 spiro atoms. The van der Waals surface area contributed by atoms with Crippen LogP contribution < -0.4 is 5.32 Å². The molecule has 0 saturated heterocycles. The lowest BCUT2D eigenvalue weighted by Gasteiger charge is -2.07. The molecule has 0 aliphatic heterocycles. The summed E-state index contributed by atoms with van der Waals surface area (Å²) in [5, 5.41) is 4.41. The molecule has 0 aliphatic rings. The molecule has 0 unspecified atom stereocenters. The monoisotopic (exact) mass is 278 g/mol. The lowest BCUT2D eigenvalue weighted by molar-refractivity contribution is 0.965. The fraction of sp³-hybridized carbons (Fsp3) is 0.235. The first-order valence-electron chi connectivity index (χ1n) is 7.20. The zero-order chi connectivity index (χ0) is 14.7. The molecule has 2 heterocycles. The van der Waals surface area contributed by atoms with Crippen molar-refractivity contribution in [2.75, 3.05) is 11.9 Å². The lowest BCUT2D eigenvalue weighted by atomic mass is 10.1. The number of aromatic nitrogens is 3. The van der Waals surface area contributed by atoms with E-state index in [1.54, 1.807) is 6.33 Å². The third-order valence-corrected chi connectivity index (χ3v) is 3.35. The van der Waals surface area contributed by atoms with Gasteiger partial charge < -0.3 is 5.32 Å². The Morgan fingerprint density at radius 1 is 1.05 bits per heavy atom. The maximum absolute atomic E-state index is 4.52. The summed E-state index contributed by atoms with van der Waals surface area (Å²) >= 11 is 0. The lowest BCUT2D eigenvalue weighted by Crippen LogP contribution is -2.02. The van der Waals surface area contributed by atoms with Crippen LogP contribution in [0.25, 0.3) is 22.2 Å². The van der Waals surface area contributed by atoms with Gasteiger partial charge in [-0.1, -0.05) is 19.1 Å². The molecule has 21 heavy (non-hydrogen) atoms. The number of rotatable bonds is 4. The average molecular weight is 278 g/mol. The quantitative estimate of drug-likeness (QED) is 0.788. The van der Waals surface area contributed by atoms with Gasteiger partial charge in [-0.2, -0.15) is 0 Å². The van der Waals surface area contributed by atoms with Crippen LogP contribution in [0.15, 0.2) is 42.7 Å². The molecular formula is C17H18N4. The molecule has 1 N–H and O–H groups in total. The Bertz CT molecular complexity index is 768. The van der Waals surface area contributed by atoms with Crippen molar-refractivity contribution >= 4 is 16.7 Å². The molecule has 0 fully saturated rings. The Morgan fingerprint density at radius 2 is 1.95 bits per heavy atom. The first-order chi connectivity index (χ1) is 10.3. The van der Waals surface area contributed by atoms with Crippen LogP contribution in [0.2, 0.25) is 0 Å². The van der Waals surface area contributed by atoms with Gasteiger partial charge in [0.15, 0.2) is 0 Å². The minimum atomic E-state index is 0.865. The molecular weight excluding hydrogens is 260 g/mol. The maximum Gasteiger partial charge on any atom is 0.129 e. The molecule has 1 aromatic carbocycles. The maximum atomic E-state index is 4.52. The van der Waals surface area contributed by atoms with Crippen molar-refractivity contribution in [1.82, 2.24) is 15.0 Å². The van der Waals surface area contributed by atoms with E-state index in [2.05, 4.69) is 45.4 Å². The van der Waals surface area contributed by atoms with E-state index < -0.39 is 0 Å². The first kappa shape index (κ1) is 13.5. The minimum Gasteiger partial charge on any atom is -0.370 e. The van der Waals surface area contributed by atoms with Crippen LogP contribution in [-0.4, -0.2) is 21.5 Å². The summed E-state index contributed by atoms with van der Waals surface area (Å²) < 4.78 is 0. The molecule has 2 aromatic heterocycles. The smallest absolute Gasteiger partial charge is 0.129 e. The highest BCUT2D eigenvalue weighted by Gasteiger charge is 2.04. The van der Waals surface area contributed by atoms with E-state index in [4.69, 9.17) is 0 Å². The van der Waals surface area contributed by atoms with Crippen LogP contribution in [0.4, 0.5) is 5.82 Å². The molecule has 4 heteroatoms. The summed E-state index contributed by atoms with van der Waals surface area (Å²) in [5.74, 6) is 0.865. The Hall–Kier alpha value is -2.49. The van der Waals surface area contributed by atoms with Crippen LogP contribution >= 0.6 is 0 Å². The van der Waals surface area contributed by atoms with Gasteiger partial charge in [-0.25, -0.2) is 9.97 Å². The van der Waals surface area contributed by atoms with Crippen molar-refractivity contribution in [3.8, 4) is 11.3 Å². The average Bonchev–Trinajstić information content (AvgIpc) is 2.52. The molecule has 0 radical (unpaired) electrons. The van der Waals surface area contributed by atoms with Crippen molar-refractivity contribution < 1.29 is 0 Å². The summed E-state index contributed by atoms with van der Waals surface area (Å²) in [6, 6.07) is 12.3. The van der Waals surface area contributed by atoms with Crippen LogP contribution in [0.5, 0.6) is 0 Å². The summed E-state index contributed by atoms with van der Waals surface area (Å²) in [5.41, 5.74) is 4.04. The molecule has 0 amide bonds. The number of benzene rings is 1. The van der Waals surface area contributed by atoms with E-state index >= 15 is 0 Å². The zero-order valence-corrected chi connectivity index (χ0v) is 12.3. The van der Waals surface area contributed by atoms with Crippen molar-refractivity contribution in [1.29, 1.82) is 0 Å². The molecule has 0 aliphatic carbocycles. The van der Waals surface area contributed by atoms with Gasteiger partial charge in [0.05, 0.1) is 11.2 Å². The fourth-order valence-corrected chi connectivity index (χ4v) is 2.25. The number of pyridine rings is 1. The van der Waals surface area contributed by atoms with Gasteiger partial charge in [-0.05, 0) is 31.5 Å². The van der Waals surface area contributed by atoms with Gasteiger partial charge in [-0.3, -0.25) is 4.98 Å². The number of anilines is 1. The number of fused-ring (bicyclic) bond motifs is 1. The second-order valence-electron chi connectivity index (χ2n) is 5.08. The van der Waals surface area contributed by atoms with Gasteiger partial charge in [-0.15, -0.1) is 0 Å². The minimum absolute atomic E-state index is 0.865. The third kappa shape index (κ3) is 2.99. The first-order valence-corrected chi connectivity index (χ1v) is 7.20. The van der Waals surface area contributed by atoms with Gasteiger partial charge in [0.2, 0.25) is 0 Å². The molecule has 0 bridgehead atoms. The van der Waals surface area contributed by atoms with Crippen molar-refractivity contribution in [3.63, 3.8) is 0 Å². The molecule has 4 nitrogen and oxygen atoms in total. The van der Waals surface area contributed by atoms with E-state index in [9.17, 15) is 0 Å². The molecule has 3 rings (SSSR count). The van der Waals surface area contributed by atoms with E-state index in [1.165, 1.54) is 0 Å². The highest BCUT2D eigenvalue weighted by Crippen LogP contribution is 2.23. The highest BCUT2D eigenvalue weighted by molar-refractivity contribution is 5.84. The number of aryl methyl sites for hydroxylation is 1. The van der Waals surface area contributed by atoms with Gasteiger partial charge >= 0.3 is 0 Å². The number of hydrogen-bond acceptors (Lipinski definition) is 4. The Kier molecular flexibility index (Phi) is 3.77.